The van der Waals surface area contributed by atoms with E-state index in [0.717, 1.165) is 4.57 Å². The number of halogens is 1. The number of aliphatic hydroxyl groups is 1. The highest BCUT2D eigenvalue weighted by molar-refractivity contribution is 9.09. The topological polar surface area (TPSA) is 111 Å². The average Bonchev–Trinajstić information content (AvgIpc) is 2.64. The molecule has 0 amide bonds. The first-order chi connectivity index (χ1) is 9.40. The Bertz CT molecular complexity index is 611. The first-order valence-corrected chi connectivity index (χ1v) is 6.74. The zero-order valence-electron chi connectivity index (χ0n) is 10.5. The fraction of sp³-hybridized carbons (Fsp3) is 0.545. The van der Waals surface area contributed by atoms with Crippen molar-refractivity contribution in [2.24, 2.45) is 0 Å². The highest BCUT2D eigenvalue weighted by atomic mass is 79.9. The summed E-state index contributed by atoms with van der Waals surface area (Å²) >= 11 is 3.24. The van der Waals surface area contributed by atoms with E-state index in [9.17, 15) is 19.5 Å². The Hall–Kier alpha value is -1.45. The third-order valence-corrected chi connectivity index (χ3v) is 3.86. The van der Waals surface area contributed by atoms with Gasteiger partial charge in [0.15, 0.2) is 6.23 Å². The molecule has 20 heavy (non-hydrogen) atoms. The number of aromatic amines is 1. The Labute approximate surface area is 121 Å². The Morgan fingerprint density at radius 1 is 1.60 bits per heavy atom. The molecule has 0 aliphatic carbocycles. The molecule has 9 heteroatoms. The maximum atomic E-state index is 11.7. The molecule has 1 aliphatic rings. The summed E-state index contributed by atoms with van der Waals surface area (Å²) in [5, 5.41) is 10.00. The second-order valence-corrected chi connectivity index (χ2v) is 5.38. The first-order valence-electron chi connectivity index (χ1n) is 5.82. The second kappa shape index (κ2) is 5.90. The van der Waals surface area contributed by atoms with Crippen LogP contribution in [0.25, 0.3) is 0 Å². The third kappa shape index (κ3) is 3.00. The van der Waals surface area contributed by atoms with Crippen molar-refractivity contribution in [1.82, 2.24) is 9.55 Å². The van der Waals surface area contributed by atoms with Gasteiger partial charge in [-0.3, -0.25) is 19.1 Å². The van der Waals surface area contributed by atoms with Crippen molar-refractivity contribution < 1.29 is 19.4 Å². The van der Waals surface area contributed by atoms with Crippen LogP contribution in [0.3, 0.4) is 0 Å². The number of hydrogen-bond acceptors (Lipinski definition) is 6. The molecule has 2 N–H and O–H groups in total. The summed E-state index contributed by atoms with van der Waals surface area (Å²) in [5.41, 5.74) is -1.17. The normalized spacial score (nSPS) is 29.4. The standard InChI is InChI=1S/C11H13BrN2O6/c1-5(15)19-4-6-9(17)8(12)10(20-6)14-3-2-7(16)13-11(14)18/h2-3,6,8-10,17H,4H2,1H3,(H,13,16,18)/t6-,8?,9?,10-/m0/s1. The van der Waals surface area contributed by atoms with E-state index in [1.807, 2.05) is 0 Å². The Morgan fingerprint density at radius 2 is 2.30 bits per heavy atom. The molecule has 1 saturated heterocycles. The van der Waals surface area contributed by atoms with Gasteiger partial charge in [-0.1, -0.05) is 15.9 Å². The van der Waals surface area contributed by atoms with E-state index < -0.39 is 40.5 Å². The largest absolute Gasteiger partial charge is 0.463 e. The van der Waals surface area contributed by atoms with Crippen molar-refractivity contribution in [3.05, 3.63) is 33.1 Å². The predicted molar refractivity (Wildman–Crippen MR) is 70.6 cm³/mol. The van der Waals surface area contributed by atoms with Crippen LogP contribution in [0.2, 0.25) is 0 Å². The number of esters is 1. The highest BCUT2D eigenvalue weighted by Gasteiger charge is 2.44. The number of nitrogens with one attached hydrogen (secondary N) is 1. The Balaban J connectivity index is 2.19. The van der Waals surface area contributed by atoms with Crippen molar-refractivity contribution in [1.29, 1.82) is 0 Å². The molecule has 0 bridgehead atoms. The third-order valence-electron chi connectivity index (χ3n) is 2.87. The molecule has 110 valence electrons. The lowest BCUT2D eigenvalue weighted by Gasteiger charge is -2.16. The van der Waals surface area contributed by atoms with Gasteiger partial charge in [0.1, 0.15) is 18.8 Å². The van der Waals surface area contributed by atoms with Crippen LogP contribution in [0.4, 0.5) is 0 Å². The minimum Gasteiger partial charge on any atom is -0.463 e. The SMILES string of the molecule is CC(=O)OC[C@@H]1O[C@H](n2ccc(=O)[nH]c2=O)C(Br)C1O. The van der Waals surface area contributed by atoms with Crippen LogP contribution in [0.15, 0.2) is 21.9 Å². The summed E-state index contributed by atoms with van der Waals surface area (Å²) in [6, 6.07) is 1.18. The summed E-state index contributed by atoms with van der Waals surface area (Å²) in [4.78, 5) is 35.0. The minimum absolute atomic E-state index is 0.118. The average molecular weight is 349 g/mol. The molecule has 2 rings (SSSR count). The zero-order chi connectivity index (χ0) is 14.9. The lowest BCUT2D eigenvalue weighted by Crippen LogP contribution is -2.35. The number of H-pyrrole nitrogens is 1. The quantitative estimate of drug-likeness (QED) is 0.542. The number of hydrogen-bond donors (Lipinski definition) is 2. The monoisotopic (exact) mass is 348 g/mol. The number of carbonyl (C=O) groups is 1. The van der Waals surface area contributed by atoms with E-state index in [0.29, 0.717) is 0 Å². The van der Waals surface area contributed by atoms with Crippen LogP contribution in [0, 0.1) is 0 Å². The zero-order valence-corrected chi connectivity index (χ0v) is 12.1. The molecule has 1 aromatic heterocycles. The van der Waals surface area contributed by atoms with E-state index >= 15 is 0 Å². The fourth-order valence-corrected chi connectivity index (χ4v) is 2.61. The van der Waals surface area contributed by atoms with Gasteiger partial charge < -0.3 is 14.6 Å². The van der Waals surface area contributed by atoms with Gasteiger partial charge in [-0.05, 0) is 0 Å². The van der Waals surface area contributed by atoms with Crippen LogP contribution >= 0.6 is 15.9 Å². The summed E-state index contributed by atoms with van der Waals surface area (Å²) in [7, 11) is 0. The molecule has 0 saturated carbocycles. The summed E-state index contributed by atoms with van der Waals surface area (Å²) < 4.78 is 11.4. The van der Waals surface area contributed by atoms with Crippen molar-refractivity contribution in [3.8, 4) is 0 Å². The summed E-state index contributed by atoms with van der Waals surface area (Å²) in [5.74, 6) is -0.489. The number of nitrogens with zero attached hydrogens (tertiary/aromatic N) is 1. The van der Waals surface area contributed by atoms with Crippen molar-refractivity contribution >= 4 is 21.9 Å². The van der Waals surface area contributed by atoms with Crippen molar-refractivity contribution in [2.75, 3.05) is 6.61 Å². The van der Waals surface area contributed by atoms with Gasteiger partial charge in [0.25, 0.3) is 5.56 Å². The molecule has 1 aromatic rings. The molecular weight excluding hydrogens is 336 g/mol. The van der Waals surface area contributed by atoms with E-state index in [2.05, 4.69) is 20.9 Å². The molecule has 1 aliphatic heterocycles. The van der Waals surface area contributed by atoms with E-state index in [-0.39, 0.29) is 6.61 Å². The van der Waals surface area contributed by atoms with Crippen molar-refractivity contribution in [3.63, 3.8) is 0 Å². The summed E-state index contributed by atoms with van der Waals surface area (Å²) in [6.45, 7) is 1.13. The maximum Gasteiger partial charge on any atom is 0.330 e. The lowest BCUT2D eigenvalue weighted by atomic mass is 10.2. The van der Waals surface area contributed by atoms with Gasteiger partial charge in [0.05, 0.1) is 4.83 Å². The van der Waals surface area contributed by atoms with Crippen LogP contribution in [-0.2, 0) is 14.3 Å². The van der Waals surface area contributed by atoms with Gasteiger partial charge in [-0.25, -0.2) is 4.79 Å². The predicted octanol–water partition coefficient (Wildman–Crippen LogP) is -0.879. The number of carbonyl (C=O) groups excluding carboxylic acids is 1. The molecular formula is C11H13BrN2O6. The number of aliphatic hydroxyl groups excluding tert-OH is 1. The van der Waals surface area contributed by atoms with Gasteiger partial charge in [0.2, 0.25) is 0 Å². The molecule has 8 nitrogen and oxygen atoms in total. The van der Waals surface area contributed by atoms with Crippen LogP contribution in [-0.4, -0.2) is 44.3 Å². The minimum atomic E-state index is -0.960. The van der Waals surface area contributed by atoms with E-state index in [4.69, 9.17) is 9.47 Å². The highest BCUT2D eigenvalue weighted by Crippen LogP contribution is 2.33. The number of aromatic nitrogens is 2. The van der Waals surface area contributed by atoms with Crippen LogP contribution in [0.5, 0.6) is 0 Å². The summed E-state index contributed by atoms with van der Waals surface area (Å²) in [6.07, 6.45) is -1.25. The molecule has 0 radical (unpaired) electrons. The van der Waals surface area contributed by atoms with E-state index in [1.54, 1.807) is 0 Å². The molecule has 0 aromatic carbocycles. The van der Waals surface area contributed by atoms with Gasteiger partial charge in [-0.15, -0.1) is 0 Å². The van der Waals surface area contributed by atoms with Gasteiger partial charge in [-0.2, -0.15) is 0 Å². The Morgan fingerprint density at radius 3 is 2.90 bits per heavy atom. The molecule has 2 unspecified atom stereocenters. The van der Waals surface area contributed by atoms with Crippen molar-refractivity contribution in [2.45, 2.75) is 30.2 Å². The molecule has 4 atom stereocenters. The second-order valence-electron chi connectivity index (χ2n) is 4.32. The van der Waals surface area contributed by atoms with Crippen LogP contribution in [0.1, 0.15) is 13.2 Å². The molecule has 2 heterocycles. The van der Waals surface area contributed by atoms with Crippen LogP contribution < -0.4 is 11.2 Å². The fourth-order valence-electron chi connectivity index (χ4n) is 1.89. The Kier molecular flexibility index (Phi) is 4.41. The lowest BCUT2D eigenvalue weighted by molar-refractivity contribution is -0.147. The molecule has 1 fully saturated rings. The number of rotatable bonds is 3. The smallest absolute Gasteiger partial charge is 0.330 e. The van der Waals surface area contributed by atoms with E-state index in [1.165, 1.54) is 19.2 Å². The first kappa shape index (κ1) is 14.9. The number of alkyl halides is 1. The number of ether oxygens (including phenoxy) is 2. The molecule has 0 spiro atoms. The van der Waals surface area contributed by atoms with Gasteiger partial charge >= 0.3 is 11.7 Å². The maximum absolute atomic E-state index is 11.7. The van der Waals surface area contributed by atoms with Gasteiger partial charge in [0, 0.05) is 19.2 Å².